The van der Waals surface area contributed by atoms with Gasteiger partial charge in [0, 0.05) is 17.4 Å². The Hall–Kier alpha value is -2.40. The van der Waals surface area contributed by atoms with E-state index in [2.05, 4.69) is 55.1 Å². The monoisotopic (exact) mass is 367 g/mol. The lowest BCUT2D eigenvalue weighted by atomic mass is 10.2. The number of benzene rings is 2. The van der Waals surface area contributed by atoms with Crippen LogP contribution in [0.4, 0.5) is 0 Å². The number of nitrogens with zero attached hydrogens (tertiary/aromatic N) is 3. The SMILES string of the molecule is C[C@@H](CO[Si](c1ccccc1)(c1ccccc1)C(C)(C)C)C(=O)N=[N+]=[N-]. The van der Waals surface area contributed by atoms with Crippen LogP contribution in [-0.2, 0) is 9.22 Å². The van der Waals surface area contributed by atoms with Gasteiger partial charge in [-0.05, 0) is 26.1 Å². The van der Waals surface area contributed by atoms with Gasteiger partial charge >= 0.3 is 0 Å². The van der Waals surface area contributed by atoms with Crippen molar-refractivity contribution in [2.24, 2.45) is 11.0 Å². The Kier molecular flexibility index (Phi) is 6.37. The Morgan fingerprint density at radius 2 is 1.54 bits per heavy atom. The van der Waals surface area contributed by atoms with Crippen LogP contribution < -0.4 is 10.4 Å². The number of azide groups is 1. The first kappa shape index (κ1) is 19.9. The van der Waals surface area contributed by atoms with Crippen LogP contribution in [0, 0.1) is 5.92 Å². The molecule has 136 valence electrons. The van der Waals surface area contributed by atoms with Gasteiger partial charge in [-0.15, -0.1) is 0 Å². The molecule has 2 aromatic carbocycles. The zero-order chi connectivity index (χ0) is 19.2. The van der Waals surface area contributed by atoms with E-state index in [1.165, 1.54) is 0 Å². The summed E-state index contributed by atoms with van der Waals surface area (Å²) in [5.41, 5.74) is 8.50. The Bertz CT molecular complexity index is 742. The summed E-state index contributed by atoms with van der Waals surface area (Å²) in [6, 6.07) is 20.5. The topological polar surface area (TPSA) is 75.1 Å². The van der Waals surface area contributed by atoms with Gasteiger partial charge in [0.1, 0.15) is 0 Å². The zero-order valence-corrected chi connectivity index (χ0v) is 16.7. The van der Waals surface area contributed by atoms with Gasteiger partial charge in [-0.1, -0.05) is 88.4 Å². The molecule has 0 aliphatic carbocycles. The van der Waals surface area contributed by atoms with E-state index in [0.717, 1.165) is 10.4 Å². The third-order valence-electron chi connectivity index (χ3n) is 4.53. The lowest BCUT2D eigenvalue weighted by Gasteiger charge is -2.43. The number of rotatable bonds is 6. The maximum absolute atomic E-state index is 11.9. The second-order valence-corrected chi connectivity index (χ2v) is 11.7. The molecule has 0 N–H and O–H groups in total. The maximum atomic E-state index is 11.9. The van der Waals surface area contributed by atoms with Gasteiger partial charge in [0.05, 0.1) is 0 Å². The molecule has 0 aliphatic heterocycles. The van der Waals surface area contributed by atoms with Crippen LogP contribution in [0.3, 0.4) is 0 Å². The van der Waals surface area contributed by atoms with E-state index in [-0.39, 0.29) is 11.6 Å². The molecule has 6 heteroatoms. The molecule has 5 nitrogen and oxygen atoms in total. The molecule has 0 bridgehead atoms. The van der Waals surface area contributed by atoms with Gasteiger partial charge in [-0.2, -0.15) is 0 Å². The summed E-state index contributed by atoms with van der Waals surface area (Å²) in [5, 5.41) is 5.36. The molecular weight excluding hydrogens is 342 g/mol. The highest BCUT2D eigenvalue weighted by Gasteiger charge is 2.50. The fraction of sp³-hybridized carbons (Fsp3) is 0.350. The summed E-state index contributed by atoms with van der Waals surface area (Å²) in [5.74, 6) is -0.988. The van der Waals surface area contributed by atoms with E-state index in [1.54, 1.807) is 6.92 Å². The van der Waals surface area contributed by atoms with E-state index in [9.17, 15) is 4.79 Å². The van der Waals surface area contributed by atoms with Gasteiger partial charge < -0.3 is 4.43 Å². The average Bonchev–Trinajstić information content (AvgIpc) is 2.63. The highest BCUT2D eigenvalue weighted by molar-refractivity contribution is 6.99. The fourth-order valence-electron chi connectivity index (χ4n) is 3.23. The lowest BCUT2D eigenvalue weighted by Crippen LogP contribution is -2.67. The van der Waals surface area contributed by atoms with E-state index in [1.807, 2.05) is 36.4 Å². The van der Waals surface area contributed by atoms with Crippen molar-refractivity contribution in [3.05, 3.63) is 71.1 Å². The van der Waals surface area contributed by atoms with Crippen LogP contribution in [0.25, 0.3) is 10.4 Å². The van der Waals surface area contributed by atoms with Crippen LogP contribution in [0.2, 0.25) is 5.04 Å². The summed E-state index contributed by atoms with van der Waals surface area (Å²) >= 11 is 0. The molecule has 0 aromatic heterocycles. The smallest absolute Gasteiger partial charge is 0.261 e. The third kappa shape index (κ3) is 4.04. The van der Waals surface area contributed by atoms with Crippen LogP contribution in [0.1, 0.15) is 27.7 Å². The van der Waals surface area contributed by atoms with Gasteiger partial charge in [-0.25, -0.2) is 0 Å². The molecule has 0 radical (unpaired) electrons. The van der Waals surface area contributed by atoms with Crippen molar-refractivity contribution in [2.75, 3.05) is 6.61 Å². The normalized spacial score (nSPS) is 12.9. The molecule has 1 atom stereocenters. The Labute approximate surface area is 155 Å². The molecular formula is C20H25N3O2Si. The molecule has 0 heterocycles. The average molecular weight is 368 g/mol. The van der Waals surface area contributed by atoms with Crippen LogP contribution in [0.5, 0.6) is 0 Å². The van der Waals surface area contributed by atoms with Crippen molar-refractivity contribution in [1.82, 2.24) is 0 Å². The minimum atomic E-state index is -2.67. The Morgan fingerprint density at radius 3 is 1.92 bits per heavy atom. The highest BCUT2D eigenvalue weighted by atomic mass is 28.4. The molecule has 0 aliphatic rings. The van der Waals surface area contributed by atoms with Crippen molar-refractivity contribution in [3.8, 4) is 0 Å². The van der Waals surface area contributed by atoms with Gasteiger partial charge in [0.2, 0.25) is 5.91 Å². The zero-order valence-electron chi connectivity index (χ0n) is 15.7. The second kappa shape index (κ2) is 8.32. The first-order chi connectivity index (χ1) is 12.3. The number of carbonyl (C=O) groups excluding carboxylic acids is 1. The molecule has 1 amide bonds. The van der Waals surface area contributed by atoms with Gasteiger partial charge in [0.15, 0.2) is 0 Å². The quantitative estimate of drug-likeness (QED) is 0.334. The molecule has 2 rings (SSSR count). The Morgan fingerprint density at radius 1 is 1.08 bits per heavy atom. The maximum Gasteiger partial charge on any atom is 0.261 e. The standard InChI is InChI=1S/C20H25N3O2Si/c1-16(19(24)22-23-21)15-25-26(20(2,3)4,17-11-7-5-8-12-17)18-13-9-6-10-14-18/h5-14,16H,15H2,1-4H3/t16-/m0/s1. The molecule has 0 unspecified atom stereocenters. The minimum Gasteiger partial charge on any atom is -0.407 e. The van der Waals surface area contributed by atoms with Crippen molar-refractivity contribution in [1.29, 1.82) is 0 Å². The minimum absolute atomic E-state index is 0.156. The Balaban J connectivity index is 2.54. The van der Waals surface area contributed by atoms with Crippen LogP contribution in [-0.4, -0.2) is 20.8 Å². The third-order valence-corrected chi connectivity index (χ3v) is 9.54. The van der Waals surface area contributed by atoms with E-state index in [0.29, 0.717) is 0 Å². The van der Waals surface area contributed by atoms with Crippen molar-refractivity contribution < 1.29 is 9.22 Å². The summed E-state index contributed by atoms with van der Waals surface area (Å²) in [4.78, 5) is 14.5. The summed E-state index contributed by atoms with van der Waals surface area (Å²) in [6.45, 7) is 8.48. The first-order valence-electron chi connectivity index (χ1n) is 8.67. The highest BCUT2D eigenvalue weighted by Crippen LogP contribution is 2.37. The summed E-state index contributed by atoms with van der Waals surface area (Å²) in [7, 11) is -2.67. The largest absolute Gasteiger partial charge is 0.407 e. The first-order valence-corrected chi connectivity index (χ1v) is 10.6. The number of hydrogen-bond acceptors (Lipinski definition) is 2. The molecule has 0 spiro atoms. The van der Waals surface area contributed by atoms with Crippen LogP contribution in [0.15, 0.2) is 65.8 Å². The van der Waals surface area contributed by atoms with Gasteiger partial charge in [-0.3, -0.25) is 4.79 Å². The number of hydrogen-bond donors (Lipinski definition) is 0. The summed E-state index contributed by atoms with van der Waals surface area (Å²) < 4.78 is 6.63. The van der Waals surface area contributed by atoms with Crippen molar-refractivity contribution >= 4 is 24.6 Å². The molecule has 26 heavy (non-hydrogen) atoms. The van der Waals surface area contributed by atoms with Crippen molar-refractivity contribution in [2.45, 2.75) is 32.7 Å². The molecule has 2 aromatic rings. The van der Waals surface area contributed by atoms with E-state index >= 15 is 0 Å². The molecule has 0 saturated heterocycles. The fourth-order valence-corrected chi connectivity index (χ4v) is 7.88. The van der Waals surface area contributed by atoms with Crippen LogP contribution >= 0.6 is 0 Å². The summed E-state index contributed by atoms with van der Waals surface area (Å²) in [6.07, 6.45) is 0. The second-order valence-electron chi connectivity index (χ2n) is 7.40. The predicted molar refractivity (Wildman–Crippen MR) is 107 cm³/mol. The van der Waals surface area contributed by atoms with Crippen molar-refractivity contribution in [3.63, 3.8) is 0 Å². The predicted octanol–water partition coefficient (Wildman–Crippen LogP) is 4.04. The lowest BCUT2D eigenvalue weighted by molar-refractivity contribution is -0.122. The molecule has 0 fully saturated rings. The van der Waals surface area contributed by atoms with Gasteiger partial charge in [0.25, 0.3) is 8.32 Å². The number of amides is 1. The molecule has 0 saturated carbocycles. The van der Waals surface area contributed by atoms with E-state index in [4.69, 9.17) is 9.96 Å². The number of carbonyl (C=O) groups is 1. The van der Waals surface area contributed by atoms with E-state index < -0.39 is 20.1 Å².